The SMILES string of the molecule is O=C(NC1(CCl)CCC1)c1cccc(Br)c1. The number of rotatable bonds is 3. The van der Waals surface area contributed by atoms with E-state index in [2.05, 4.69) is 21.2 Å². The fourth-order valence-corrected chi connectivity index (χ4v) is 2.57. The molecule has 4 heteroatoms. The monoisotopic (exact) mass is 301 g/mol. The molecule has 1 aromatic rings. The van der Waals surface area contributed by atoms with E-state index in [1.807, 2.05) is 18.2 Å². The third-order valence-corrected chi connectivity index (χ3v) is 4.04. The van der Waals surface area contributed by atoms with Gasteiger partial charge in [-0.1, -0.05) is 22.0 Å². The van der Waals surface area contributed by atoms with Crippen LogP contribution >= 0.6 is 27.5 Å². The minimum absolute atomic E-state index is 0.0401. The third kappa shape index (κ3) is 2.41. The van der Waals surface area contributed by atoms with Crippen molar-refractivity contribution in [1.29, 1.82) is 0 Å². The molecule has 1 aliphatic carbocycles. The Morgan fingerprint density at radius 1 is 1.50 bits per heavy atom. The molecule has 0 spiro atoms. The van der Waals surface area contributed by atoms with Gasteiger partial charge >= 0.3 is 0 Å². The largest absolute Gasteiger partial charge is 0.345 e. The van der Waals surface area contributed by atoms with Crippen LogP contribution < -0.4 is 5.32 Å². The highest BCUT2D eigenvalue weighted by Gasteiger charge is 2.37. The summed E-state index contributed by atoms with van der Waals surface area (Å²) in [6.45, 7) is 0. The number of nitrogens with one attached hydrogen (secondary N) is 1. The van der Waals surface area contributed by atoms with Gasteiger partial charge < -0.3 is 5.32 Å². The fraction of sp³-hybridized carbons (Fsp3) is 0.417. The maximum Gasteiger partial charge on any atom is 0.251 e. The summed E-state index contributed by atoms with van der Waals surface area (Å²) < 4.78 is 0.911. The predicted octanol–water partition coefficient (Wildman–Crippen LogP) is 3.34. The number of hydrogen-bond donors (Lipinski definition) is 1. The second-order valence-corrected chi connectivity index (χ2v) is 5.41. The van der Waals surface area contributed by atoms with Crippen LogP contribution in [0, 0.1) is 0 Å². The van der Waals surface area contributed by atoms with E-state index in [0.717, 1.165) is 23.7 Å². The third-order valence-electron chi connectivity index (χ3n) is 3.03. The van der Waals surface area contributed by atoms with E-state index in [1.54, 1.807) is 6.07 Å². The maximum absolute atomic E-state index is 12.0. The Balaban J connectivity index is 2.08. The van der Waals surface area contributed by atoms with Gasteiger partial charge in [0.25, 0.3) is 5.91 Å². The van der Waals surface area contributed by atoms with Gasteiger partial charge in [0.05, 0.1) is 5.54 Å². The summed E-state index contributed by atoms with van der Waals surface area (Å²) in [6.07, 6.45) is 3.11. The van der Waals surface area contributed by atoms with Crippen molar-refractivity contribution in [2.24, 2.45) is 0 Å². The van der Waals surface area contributed by atoms with Crippen LogP contribution in [0.2, 0.25) is 0 Å². The number of carbonyl (C=O) groups excluding carboxylic acids is 1. The molecule has 0 unspecified atom stereocenters. The van der Waals surface area contributed by atoms with E-state index in [-0.39, 0.29) is 11.4 Å². The van der Waals surface area contributed by atoms with Gasteiger partial charge in [0.15, 0.2) is 0 Å². The van der Waals surface area contributed by atoms with Gasteiger partial charge in [-0.15, -0.1) is 11.6 Å². The van der Waals surface area contributed by atoms with E-state index in [0.29, 0.717) is 11.4 Å². The van der Waals surface area contributed by atoms with Crippen molar-refractivity contribution >= 4 is 33.4 Å². The van der Waals surface area contributed by atoms with E-state index >= 15 is 0 Å². The minimum atomic E-state index is -0.166. The summed E-state index contributed by atoms with van der Waals surface area (Å²) in [5.74, 6) is 0.453. The first-order chi connectivity index (χ1) is 7.65. The molecule has 0 aliphatic heterocycles. The highest BCUT2D eigenvalue weighted by atomic mass is 79.9. The van der Waals surface area contributed by atoms with Gasteiger partial charge in [0.2, 0.25) is 0 Å². The van der Waals surface area contributed by atoms with Crippen molar-refractivity contribution < 1.29 is 4.79 Å². The Kier molecular flexibility index (Phi) is 3.55. The first-order valence-corrected chi connectivity index (χ1v) is 6.62. The van der Waals surface area contributed by atoms with Crippen molar-refractivity contribution in [2.45, 2.75) is 24.8 Å². The summed E-state index contributed by atoms with van der Waals surface area (Å²) >= 11 is 9.25. The summed E-state index contributed by atoms with van der Waals surface area (Å²) in [7, 11) is 0. The number of alkyl halides is 1. The quantitative estimate of drug-likeness (QED) is 0.853. The predicted molar refractivity (Wildman–Crippen MR) is 68.9 cm³/mol. The van der Waals surface area contributed by atoms with Crippen molar-refractivity contribution in [3.63, 3.8) is 0 Å². The van der Waals surface area contributed by atoms with Gasteiger partial charge in [-0.3, -0.25) is 4.79 Å². The van der Waals surface area contributed by atoms with Gasteiger partial charge in [-0.25, -0.2) is 0 Å². The number of halogens is 2. The fourth-order valence-electron chi connectivity index (χ4n) is 1.84. The second kappa shape index (κ2) is 4.76. The maximum atomic E-state index is 12.0. The van der Waals surface area contributed by atoms with Crippen molar-refractivity contribution in [1.82, 2.24) is 5.32 Å². The van der Waals surface area contributed by atoms with E-state index in [9.17, 15) is 4.79 Å². The van der Waals surface area contributed by atoms with Crippen molar-refractivity contribution in [2.75, 3.05) is 5.88 Å². The van der Waals surface area contributed by atoms with Crippen LogP contribution in [0.25, 0.3) is 0 Å². The molecule has 0 heterocycles. The van der Waals surface area contributed by atoms with Crippen LogP contribution in [-0.2, 0) is 0 Å². The molecule has 1 saturated carbocycles. The molecule has 1 aromatic carbocycles. The lowest BCUT2D eigenvalue weighted by Gasteiger charge is -2.41. The zero-order valence-electron chi connectivity index (χ0n) is 8.80. The van der Waals surface area contributed by atoms with Gasteiger partial charge in [0, 0.05) is 15.9 Å². The number of carbonyl (C=O) groups is 1. The van der Waals surface area contributed by atoms with Crippen LogP contribution in [0.15, 0.2) is 28.7 Å². The Morgan fingerprint density at radius 2 is 2.25 bits per heavy atom. The van der Waals surface area contributed by atoms with Crippen LogP contribution in [0.4, 0.5) is 0 Å². The van der Waals surface area contributed by atoms with Gasteiger partial charge in [-0.2, -0.15) is 0 Å². The molecule has 0 bridgehead atoms. The summed E-state index contributed by atoms with van der Waals surface area (Å²) in [5, 5.41) is 3.03. The lowest BCUT2D eigenvalue weighted by Crippen LogP contribution is -2.55. The molecule has 1 N–H and O–H groups in total. The second-order valence-electron chi connectivity index (χ2n) is 4.23. The summed E-state index contributed by atoms with van der Waals surface area (Å²) in [4.78, 5) is 12.0. The number of hydrogen-bond acceptors (Lipinski definition) is 1. The van der Waals surface area contributed by atoms with E-state index in [4.69, 9.17) is 11.6 Å². The standard InChI is InChI=1S/C12H13BrClNO/c13-10-4-1-3-9(7-10)11(16)15-12(8-14)5-2-6-12/h1,3-4,7H,2,5-6,8H2,(H,15,16). The molecule has 2 nitrogen and oxygen atoms in total. The zero-order valence-corrected chi connectivity index (χ0v) is 11.1. The lowest BCUT2D eigenvalue weighted by molar-refractivity contribution is 0.0854. The van der Waals surface area contributed by atoms with Crippen LogP contribution in [0.5, 0.6) is 0 Å². The van der Waals surface area contributed by atoms with Gasteiger partial charge in [0.1, 0.15) is 0 Å². The Labute approximate surface area is 108 Å². The average molecular weight is 303 g/mol. The minimum Gasteiger partial charge on any atom is -0.345 e. The molecule has 1 amide bonds. The van der Waals surface area contributed by atoms with Crippen LogP contribution in [0.1, 0.15) is 29.6 Å². The molecule has 0 saturated heterocycles. The molecule has 2 rings (SSSR count). The van der Waals surface area contributed by atoms with E-state index < -0.39 is 0 Å². The first-order valence-electron chi connectivity index (χ1n) is 5.29. The molecule has 1 aliphatic rings. The highest BCUT2D eigenvalue weighted by Crippen LogP contribution is 2.33. The molecule has 16 heavy (non-hydrogen) atoms. The molecule has 0 radical (unpaired) electrons. The smallest absolute Gasteiger partial charge is 0.251 e. The van der Waals surface area contributed by atoms with Crippen LogP contribution in [-0.4, -0.2) is 17.3 Å². The topological polar surface area (TPSA) is 29.1 Å². The molecular formula is C12H13BrClNO. The zero-order chi connectivity index (χ0) is 11.6. The number of amides is 1. The molecular weight excluding hydrogens is 289 g/mol. The molecule has 0 aromatic heterocycles. The first kappa shape index (κ1) is 11.9. The normalized spacial score (nSPS) is 17.6. The summed E-state index contributed by atoms with van der Waals surface area (Å²) in [5.41, 5.74) is 0.506. The lowest BCUT2D eigenvalue weighted by atomic mass is 9.78. The Bertz CT molecular complexity index is 398. The van der Waals surface area contributed by atoms with E-state index in [1.165, 1.54) is 0 Å². The molecule has 0 atom stereocenters. The van der Waals surface area contributed by atoms with Crippen molar-refractivity contribution in [3.8, 4) is 0 Å². The average Bonchev–Trinajstić information content (AvgIpc) is 2.23. The highest BCUT2D eigenvalue weighted by molar-refractivity contribution is 9.10. The van der Waals surface area contributed by atoms with Gasteiger partial charge in [-0.05, 0) is 37.5 Å². The Hall–Kier alpha value is -0.540. The van der Waals surface area contributed by atoms with Crippen LogP contribution in [0.3, 0.4) is 0 Å². The molecule has 86 valence electrons. The summed E-state index contributed by atoms with van der Waals surface area (Å²) in [6, 6.07) is 7.38. The molecule has 1 fully saturated rings. The Morgan fingerprint density at radius 3 is 2.75 bits per heavy atom. The van der Waals surface area contributed by atoms with Crippen molar-refractivity contribution in [3.05, 3.63) is 34.3 Å². The number of benzene rings is 1.